The molecule has 1 amide bonds. The Morgan fingerprint density at radius 3 is 2.66 bits per heavy atom. The Morgan fingerprint density at radius 2 is 2.00 bits per heavy atom. The Balaban J connectivity index is 1.49. The number of ether oxygens (including phenoxy) is 1. The second kappa shape index (κ2) is 9.05. The van der Waals surface area contributed by atoms with Crippen LogP contribution in [0.1, 0.15) is 41.1 Å². The van der Waals surface area contributed by atoms with Crippen molar-refractivity contribution in [1.29, 1.82) is 0 Å². The van der Waals surface area contributed by atoms with E-state index in [1.807, 2.05) is 31.2 Å². The second-order valence-corrected chi connectivity index (χ2v) is 6.23. The van der Waals surface area contributed by atoms with Gasteiger partial charge >= 0.3 is 5.97 Å². The van der Waals surface area contributed by atoms with E-state index in [0.29, 0.717) is 29.8 Å². The SMILES string of the molecule is CCOc1ccc(-c2noc(CCC(=O)NCc3cc(C(=O)O)c(C)o3)n2)cc1. The summed E-state index contributed by atoms with van der Waals surface area (Å²) in [5, 5.41) is 15.6. The lowest BCUT2D eigenvalue weighted by Crippen LogP contribution is -2.22. The van der Waals surface area contributed by atoms with E-state index in [1.165, 1.54) is 6.07 Å². The summed E-state index contributed by atoms with van der Waals surface area (Å²) in [7, 11) is 0. The van der Waals surface area contributed by atoms with Crippen molar-refractivity contribution in [3.63, 3.8) is 0 Å². The maximum Gasteiger partial charge on any atom is 0.339 e. The highest BCUT2D eigenvalue weighted by atomic mass is 16.5. The first-order valence-electron chi connectivity index (χ1n) is 9.11. The number of amides is 1. The van der Waals surface area contributed by atoms with Crippen LogP contribution in [0.15, 0.2) is 39.3 Å². The van der Waals surface area contributed by atoms with Crippen LogP contribution < -0.4 is 10.1 Å². The van der Waals surface area contributed by atoms with E-state index in [-0.39, 0.29) is 30.9 Å². The molecular formula is C20H21N3O6. The molecule has 2 aromatic heterocycles. The minimum atomic E-state index is -1.07. The summed E-state index contributed by atoms with van der Waals surface area (Å²) in [6.07, 6.45) is 0.434. The number of hydrogen-bond acceptors (Lipinski definition) is 7. The van der Waals surface area contributed by atoms with Crippen molar-refractivity contribution in [2.24, 2.45) is 0 Å². The average molecular weight is 399 g/mol. The molecule has 0 saturated heterocycles. The second-order valence-electron chi connectivity index (χ2n) is 6.23. The van der Waals surface area contributed by atoms with E-state index < -0.39 is 5.97 Å². The van der Waals surface area contributed by atoms with Crippen LogP contribution in [-0.4, -0.2) is 33.7 Å². The van der Waals surface area contributed by atoms with Gasteiger partial charge < -0.3 is 24.1 Å². The van der Waals surface area contributed by atoms with E-state index in [2.05, 4.69) is 15.5 Å². The molecule has 0 atom stereocenters. The summed E-state index contributed by atoms with van der Waals surface area (Å²) in [4.78, 5) is 27.3. The van der Waals surface area contributed by atoms with Crippen LogP contribution in [0.5, 0.6) is 5.75 Å². The van der Waals surface area contributed by atoms with Gasteiger partial charge in [-0.05, 0) is 44.2 Å². The van der Waals surface area contributed by atoms with Gasteiger partial charge in [-0.15, -0.1) is 0 Å². The van der Waals surface area contributed by atoms with E-state index in [4.69, 9.17) is 18.8 Å². The molecule has 3 rings (SSSR count). The van der Waals surface area contributed by atoms with Crippen molar-refractivity contribution in [3.05, 3.63) is 53.3 Å². The fourth-order valence-corrected chi connectivity index (χ4v) is 2.68. The van der Waals surface area contributed by atoms with Crippen molar-refractivity contribution in [1.82, 2.24) is 15.5 Å². The van der Waals surface area contributed by atoms with Gasteiger partial charge in [0.25, 0.3) is 0 Å². The molecule has 0 saturated carbocycles. The number of benzene rings is 1. The average Bonchev–Trinajstić information content (AvgIpc) is 3.32. The summed E-state index contributed by atoms with van der Waals surface area (Å²) in [5.41, 5.74) is 0.872. The molecule has 0 bridgehead atoms. The molecule has 0 aliphatic rings. The number of carboxylic acid groups (broad SMARTS) is 1. The summed E-state index contributed by atoms with van der Waals surface area (Å²) in [6.45, 7) is 4.17. The first-order chi connectivity index (χ1) is 14.0. The molecule has 0 fully saturated rings. The molecule has 1 aromatic carbocycles. The van der Waals surface area contributed by atoms with Gasteiger partial charge in [-0.1, -0.05) is 5.16 Å². The topological polar surface area (TPSA) is 128 Å². The summed E-state index contributed by atoms with van der Waals surface area (Å²) in [6, 6.07) is 8.73. The zero-order valence-electron chi connectivity index (χ0n) is 16.1. The van der Waals surface area contributed by atoms with Gasteiger partial charge in [0.15, 0.2) is 0 Å². The van der Waals surface area contributed by atoms with Crippen molar-refractivity contribution >= 4 is 11.9 Å². The number of rotatable bonds is 9. The Labute approximate surface area is 166 Å². The molecule has 0 aliphatic heterocycles. The molecule has 9 heteroatoms. The lowest BCUT2D eigenvalue weighted by Gasteiger charge is -2.02. The fraction of sp³-hybridized carbons (Fsp3) is 0.300. The molecule has 2 heterocycles. The number of carbonyl (C=O) groups is 2. The van der Waals surface area contributed by atoms with Crippen molar-refractivity contribution in [2.75, 3.05) is 6.61 Å². The van der Waals surface area contributed by atoms with E-state index >= 15 is 0 Å². The molecule has 152 valence electrons. The predicted molar refractivity (Wildman–Crippen MR) is 101 cm³/mol. The number of aromatic nitrogens is 2. The summed E-state index contributed by atoms with van der Waals surface area (Å²) >= 11 is 0. The van der Waals surface area contributed by atoms with Crippen LogP contribution in [0, 0.1) is 6.92 Å². The van der Waals surface area contributed by atoms with Gasteiger partial charge in [0.05, 0.1) is 13.2 Å². The molecular weight excluding hydrogens is 378 g/mol. The van der Waals surface area contributed by atoms with Crippen LogP contribution in [0.2, 0.25) is 0 Å². The lowest BCUT2D eigenvalue weighted by atomic mass is 10.2. The van der Waals surface area contributed by atoms with Crippen molar-refractivity contribution < 1.29 is 28.4 Å². The smallest absolute Gasteiger partial charge is 0.339 e. The molecule has 0 aliphatic carbocycles. The quantitative estimate of drug-likeness (QED) is 0.562. The van der Waals surface area contributed by atoms with E-state index in [9.17, 15) is 9.59 Å². The normalized spacial score (nSPS) is 10.7. The molecule has 3 aromatic rings. The maximum atomic E-state index is 12.0. The van der Waals surface area contributed by atoms with Gasteiger partial charge in [-0.25, -0.2) is 4.79 Å². The van der Waals surface area contributed by atoms with Gasteiger partial charge in [-0.3, -0.25) is 4.79 Å². The van der Waals surface area contributed by atoms with Crippen molar-refractivity contribution in [3.8, 4) is 17.1 Å². The number of aromatic carboxylic acids is 1. The zero-order chi connectivity index (χ0) is 20.8. The Bertz CT molecular complexity index is 990. The third-order valence-electron chi connectivity index (χ3n) is 4.12. The minimum Gasteiger partial charge on any atom is -0.494 e. The Kier molecular flexibility index (Phi) is 6.28. The molecule has 0 unspecified atom stereocenters. The van der Waals surface area contributed by atoms with Gasteiger partial charge in [0, 0.05) is 18.4 Å². The third kappa shape index (κ3) is 5.22. The van der Waals surface area contributed by atoms with Gasteiger partial charge in [0.2, 0.25) is 17.6 Å². The van der Waals surface area contributed by atoms with Crippen LogP contribution >= 0.6 is 0 Å². The molecule has 0 spiro atoms. The number of furan rings is 1. The standard InChI is InChI=1S/C20H21N3O6/c1-3-27-14-6-4-13(5-7-14)19-22-18(29-23-19)9-8-17(24)21-11-15-10-16(20(25)26)12(2)28-15/h4-7,10H,3,8-9,11H2,1-2H3,(H,21,24)(H,25,26). The fourth-order valence-electron chi connectivity index (χ4n) is 2.68. The summed E-state index contributed by atoms with van der Waals surface area (Å²) < 4.78 is 15.9. The van der Waals surface area contributed by atoms with E-state index in [0.717, 1.165) is 11.3 Å². The highest BCUT2D eigenvalue weighted by Gasteiger charge is 2.15. The van der Waals surface area contributed by atoms with Gasteiger partial charge in [-0.2, -0.15) is 4.98 Å². The highest BCUT2D eigenvalue weighted by molar-refractivity contribution is 5.88. The number of nitrogens with zero attached hydrogens (tertiary/aromatic N) is 2. The Morgan fingerprint density at radius 1 is 1.24 bits per heavy atom. The maximum absolute atomic E-state index is 12.0. The van der Waals surface area contributed by atoms with Crippen LogP contribution in [0.25, 0.3) is 11.4 Å². The van der Waals surface area contributed by atoms with Crippen LogP contribution in [-0.2, 0) is 17.8 Å². The Hall–Kier alpha value is -3.62. The first kappa shape index (κ1) is 20.1. The summed E-state index contributed by atoms with van der Waals surface area (Å²) in [5.74, 6) is 0.930. The van der Waals surface area contributed by atoms with E-state index in [1.54, 1.807) is 6.92 Å². The monoisotopic (exact) mass is 399 g/mol. The lowest BCUT2D eigenvalue weighted by molar-refractivity contribution is -0.121. The number of carbonyl (C=O) groups excluding carboxylic acids is 1. The van der Waals surface area contributed by atoms with Crippen molar-refractivity contribution in [2.45, 2.75) is 33.2 Å². The number of hydrogen-bond donors (Lipinski definition) is 2. The minimum absolute atomic E-state index is 0.0851. The first-order valence-corrected chi connectivity index (χ1v) is 9.11. The predicted octanol–water partition coefficient (Wildman–Crippen LogP) is 2.98. The molecule has 0 radical (unpaired) electrons. The number of carboxylic acids is 1. The van der Waals surface area contributed by atoms with Crippen LogP contribution in [0.4, 0.5) is 0 Å². The molecule has 2 N–H and O–H groups in total. The van der Waals surface area contributed by atoms with Gasteiger partial charge in [0.1, 0.15) is 22.8 Å². The zero-order valence-corrected chi connectivity index (χ0v) is 16.1. The molecule has 9 nitrogen and oxygen atoms in total. The highest BCUT2D eigenvalue weighted by Crippen LogP contribution is 2.20. The van der Waals surface area contributed by atoms with Crippen LogP contribution in [0.3, 0.4) is 0 Å². The largest absolute Gasteiger partial charge is 0.494 e. The number of aryl methyl sites for hydroxylation is 2. The number of nitrogens with one attached hydrogen (secondary N) is 1. The third-order valence-corrected chi connectivity index (χ3v) is 4.12. The molecule has 29 heavy (non-hydrogen) atoms.